The normalized spacial score (nSPS) is 12.4. The average molecular weight is 473 g/mol. The zero-order valence-electron chi connectivity index (χ0n) is 17.9. The van der Waals surface area contributed by atoms with Crippen LogP contribution in [0, 0.1) is 5.82 Å². The average Bonchev–Trinajstić information content (AvgIpc) is 2.81. The van der Waals surface area contributed by atoms with Gasteiger partial charge >= 0.3 is 0 Å². The lowest BCUT2D eigenvalue weighted by molar-refractivity contribution is -0.738. The van der Waals surface area contributed by atoms with Crippen LogP contribution >= 0.6 is 11.6 Å². The molecule has 0 bridgehead atoms. The van der Waals surface area contributed by atoms with E-state index in [0.717, 1.165) is 0 Å². The van der Waals surface area contributed by atoms with Crippen molar-refractivity contribution in [1.82, 2.24) is 9.88 Å². The molecule has 0 spiro atoms. The Morgan fingerprint density at radius 3 is 2.61 bits per heavy atom. The molecule has 3 aromatic rings. The number of aryl methyl sites for hydroxylation is 1. The number of halogens is 2. The molecule has 1 aromatic heterocycles. The molecule has 33 heavy (non-hydrogen) atoms. The molecule has 0 aliphatic carbocycles. The third-order valence-electron chi connectivity index (χ3n) is 5.30. The molecule has 1 amide bonds. The van der Waals surface area contributed by atoms with Gasteiger partial charge in [-0.3, -0.25) is 14.8 Å². The molecule has 1 unspecified atom stereocenters. The van der Waals surface area contributed by atoms with Gasteiger partial charge in [0.05, 0.1) is 17.7 Å². The van der Waals surface area contributed by atoms with Gasteiger partial charge < -0.3 is 15.0 Å². The molecule has 7 nitrogen and oxygen atoms in total. The van der Waals surface area contributed by atoms with Crippen molar-refractivity contribution in [2.24, 2.45) is 7.05 Å². The van der Waals surface area contributed by atoms with E-state index in [1.54, 1.807) is 43.6 Å². The van der Waals surface area contributed by atoms with Crippen molar-refractivity contribution in [2.75, 3.05) is 13.2 Å². The third kappa shape index (κ3) is 5.66. The van der Waals surface area contributed by atoms with Gasteiger partial charge in [-0.2, -0.15) is 0 Å². The summed E-state index contributed by atoms with van der Waals surface area (Å²) in [7, 11) is 1.60. The highest BCUT2D eigenvalue weighted by Gasteiger charge is 2.25. The molecule has 0 radical (unpaired) electrons. The maximum Gasteiger partial charge on any atom is 0.254 e. The number of nitrogens with one attached hydrogen (secondary N) is 2. The van der Waals surface area contributed by atoms with Gasteiger partial charge in [0.2, 0.25) is 11.3 Å². The Kier molecular flexibility index (Phi) is 7.97. The first-order chi connectivity index (χ1) is 15.8. The van der Waals surface area contributed by atoms with E-state index >= 15 is 0 Å². The summed E-state index contributed by atoms with van der Waals surface area (Å²) in [5.74, 6) is -1.83. The molecular weight excluding hydrogens is 449 g/mol. The standard InChI is InChI=1S/C24H23ClFN3O4/c1-29-14-16(7-9-23(29)31)22(28-33)13-19(17-4-2-3-5-20(17)25)15-6-8-18(21(26)12-15)24(32)27-10-11-30/h2-9,12,14,19,30,33H,10-11,13H2,1H3,(H,27,32)/p+1/b28-22+. The minimum Gasteiger partial charge on any atom is -0.395 e. The van der Waals surface area contributed by atoms with Crippen LogP contribution in [0.1, 0.15) is 39.4 Å². The minimum absolute atomic E-state index is 0.0162. The van der Waals surface area contributed by atoms with E-state index < -0.39 is 17.6 Å². The largest absolute Gasteiger partial charge is 0.395 e. The lowest BCUT2D eigenvalue weighted by atomic mass is 9.85. The van der Waals surface area contributed by atoms with Gasteiger partial charge in [0, 0.05) is 43.2 Å². The first-order valence-electron chi connectivity index (χ1n) is 10.2. The quantitative estimate of drug-likeness (QED) is 0.226. The number of aromatic nitrogens is 1. The van der Waals surface area contributed by atoms with E-state index in [1.165, 1.54) is 22.8 Å². The van der Waals surface area contributed by atoms with E-state index in [4.69, 9.17) is 16.7 Å². The maximum absolute atomic E-state index is 14.9. The molecule has 0 saturated carbocycles. The summed E-state index contributed by atoms with van der Waals surface area (Å²) >= 11 is 6.45. The van der Waals surface area contributed by atoms with Crippen molar-refractivity contribution < 1.29 is 24.7 Å². The second kappa shape index (κ2) is 10.9. The summed E-state index contributed by atoms with van der Waals surface area (Å²) in [6.07, 6.45) is 1.79. The lowest BCUT2D eigenvalue weighted by Crippen LogP contribution is -2.69. The summed E-state index contributed by atoms with van der Waals surface area (Å²) in [5.41, 5.74) is 1.88. The predicted molar refractivity (Wildman–Crippen MR) is 122 cm³/mol. The molecule has 0 aliphatic rings. The van der Waals surface area contributed by atoms with Crippen LogP contribution in [-0.4, -0.2) is 39.7 Å². The van der Waals surface area contributed by atoms with Crippen molar-refractivity contribution in [3.05, 3.63) is 104 Å². The monoisotopic (exact) mass is 472 g/mol. The van der Waals surface area contributed by atoms with Crippen molar-refractivity contribution in [1.29, 1.82) is 0 Å². The van der Waals surface area contributed by atoms with E-state index in [-0.39, 0.29) is 30.7 Å². The number of amides is 1. The van der Waals surface area contributed by atoms with Crippen molar-refractivity contribution in [3.63, 3.8) is 0 Å². The van der Waals surface area contributed by atoms with Crippen LogP contribution in [0.25, 0.3) is 0 Å². The Labute approximate surface area is 194 Å². The molecule has 3 rings (SSSR count). The number of aliphatic hydroxyl groups is 1. The number of hydrogen-bond donors (Lipinski definition) is 4. The molecule has 2 aromatic carbocycles. The number of hydrogen-bond acceptors (Lipinski definition) is 4. The fourth-order valence-corrected chi connectivity index (χ4v) is 3.83. The Morgan fingerprint density at radius 1 is 1.21 bits per heavy atom. The Bertz CT molecular complexity index is 1240. The summed E-state index contributed by atoms with van der Waals surface area (Å²) in [6.45, 7) is -0.236. The fraction of sp³-hybridized carbons (Fsp3) is 0.208. The second-order valence-corrected chi connectivity index (χ2v) is 7.86. The van der Waals surface area contributed by atoms with Gasteiger partial charge in [-0.25, -0.2) is 4.39 Å². The highest BCUT2D eigenvalue weighted by molar-refractivity contribution is 6.31. The van der Waals surface area contributed by atoms with Crippen LogP contribution in [0.5, 0.6) is 0 Å². The SMILES string of the molecule is Cn1cc(/C(CC(c2ccc(C(=O)NCCO)c(F)c2)c2ccccc2Cl)=[NH+]/O)ccc1=O. The zero-order chi connectivity index (χ0) is 24.0. The number of nitrogens with zero attached hydrogens (tertiary/aromatic N) is 1. The van der Waals surface area contributed by atoms with Gasteiger partial charge in [-0.1, -0.05) is 35.9 Å². The van der Waals surface area contributed by atoms with E-state index in [2.05, 4.69) is 10.5 Å². The lowest BCUT2D eigenvalue weighted by Gasteiger charge is -2.19. The predicted octanol–water partition coefficient (Wildman–Crippen LogP) is 1.38. The number of rotatable bonds is 8. The Balaban J connectivity index is 2.03. The highest BCUT2D eigenvalue weighted by atomic mass is 35.5. The Hall–Kier alpha value is -3.49. The van der Waals surface area contributed by atoms with Crippen molar-refractivity contribution >= 4 is 23.2 Å². The van der Waals surface area contributed by atoms with Crippen LogP contribution in [0.2, 0.25) is 5.02 Å². The minimum atomic E-state index is -0.722. The van der Waals surface area contributed by atoms with Crippen molar-refractivity contribution in [2.45, 2.75) is 12.3 Å². The first kappa shape index (κ1) is 24.2. The van der Waals surface area contributed by atoms with Crippen LogP contribution < -0.4 is 16.0 Å². The van der Waals surface area contributed by atoms with Gasteiger partial charge in [-0.05, 0) is 40.5 Å². The summed E-state index contributed by atoms with van der Waals surface area (Å²) in [5, 5.41) is 23.8. The summed E-state index contributed by atoms with van der Waals surface area (Å²) in [4.78, 5) is 23.9. The zero-order valence-corrected chi connectivity index (χ0v) is 18.6. The van der Waals surface area contributed by atoms with Crippen molar-refractivity contribution in [3.8, 4) is 0 Å². The van der Waals surface area contributed by atoms with Crippen LogP contribution in [-0.2, 0) is 7.05 Å². The number of pyridine rings is 1. The first-order valence-corrected chi connectivity index (χ1v) is 10.6. The molecule has 1 atom stereocenters. The van der Waals surface area contributed by atoms with E-state index in [9.17, 15) is 19.2 Å². The fourth-order valence-electron chi connectivity index (χ4n) is 3.57. The molecule has 9 heteroatoms. The summed E-state index contributed by atoms with van der Waals surface area (Å²) < 4.78 is 16.3. The van der Waals surface area contributed by atoms with Gasteiger partial charge in [0.25, 0.3) is 5.91 Å². The molecular formula is C24H24ClFN3O4+. The summed E-state index contributed by atoms with van der Waals surface area (Å²) in [6, 6.07) is 14.3. The van der Waals surface area contributed by atoms with Crippen LogP contribution in [0.15, 0.2) is 65.6 Å². The van der Waals surface area contributed by atoms with Gasteiger partial charge in [-0.15, -0.1) is 0 Å². The Morgan fingerprint density at radius 2 is 1.97 bits per heavy atom. The van der Waals surface area contributed by atoms with E-state index in [1.807, 2.05) is 6.07 Å². The van der Waals surface area contributed by atoms with Gasteiger partial charge in [0.15, 0.2) is 0 Å². The highest BCUT2D eigenvalue weighted by Crippen LogP contribution is 2.34. The number of benzene rings is 2. The van der Waals surface area contributed by atoms with Gasteiger partial charge in [0.1, 0.15) is 5.82 Å². The molecule has 1 heterocycles. The topological polar surface area (TPSA) is 106 Å². The second-order valence-electron chi connectivity index (χ2n) is 7.45. The number of aliphatic hydroxyl groups excluding tert-OH is 1. The maximum atomic E-state index is 14.9. The molecule has 4 N–H and O–H groups in total. The molecule has 0 saturated heterocycles. The van der Waals surface area contributed by atoms with Crippen LogP contribution in [0.3, 0.4) is 0 Å². The molecule has 0 aliphatic heterocycles. The van der Waals surface area contributed by atoms with Crippen LogP contribution in [0.4, 0.5) is 4.39 Å². The molecule has 0 fully saturated rings. The van der Waals surface area contributed by atoms with E-state index in [0.29, 0.717) is 27.4 Å². The smallest absolute Gasteiger partial charge is 0.254 e. The molecule has 172 valence electrons. The number of carbonyl (C=O) groups is 1. The number of carbonyl (C=O) groups excluding carboxylic acids is 1. The third-order valence-corrected chi connectivity index (χ3v) is 5.64.